The summed E-state index contributed by atoms with van der Waals surface area (Å²) in [6, 6.07) is 40.5. The van der Waals surface area contributed by atoms with E-state index in [1.807, 2.05) is 84.9 Å². The molecule has 3 aliphatic rings. The van der Waals surface area contributed by atoms with Gasteiger partial charge < -0.3 is 46.1 Å². The first-order valence-corrected chi connectivity index (χ1v) is 26.5. The molecule has 0 amide bonds. The minimum atomic E-state index is -3.04. The first-order chi connectivity index (χ1) is 30.0. The standard InChI is InChI=1S/C50H68O10Si2/c1-35(2)61(36(3)4)55-34-44-46(59-62(60-61,37(5)6)38(7)8)47(53-31-41-25-17-11-18-26-41)50(57-44)58-48-45(52-30-40-23-15-10-16-24-40)43(33-51-29-39-21-13-9-14-22-39)56-49(48)54-32-42-27-19-12-20-28-42/h9-28,35-38,43-50H,29-34H2,1-8H3/t43-,44-,45-,46-,47+,48+,49+,50+/m1/s1. The Balaban J connectivity index is 1.24. The summed E-state index contributed by atoms with van der Waals surface area (Å²) in [6.45, 7) is 19.8. The predicted molar refractivity (Wildman–Crippen MR) is 243 cm³/mol. The van der Waals surface area contributed by atoms with Gasteiger partial charge in [0.05, 0.1) is 39.6 Å². The van der Waals surface area contributed by atoms with Crippen molar-refractivity contribution in [2.45, 2.75) is 153 Å². The molecule has 62 heavy (non-hydrogen) atoms. The number of rotatable bonds is 19. The second-order valence-corrected chi connectivity index (χ2v) is 26.9. The van der Waals surface area contributed by atoms with E-state index in [0.717, 1.165) is 22.3 Å². The van der Waals surface area contributed by atoms with Gasteiger partial charge in [-0.1, -0.05) is 177 Å². The number of benzene rings is 4. The summed E-state index contributed by atoms with van der Waals surface area (Å²) < 4.78 is 70.2. The molecule has 10 nitrogen and oxygen atoms in total. The first-order valence-electron chi connectivity index (χ1n) is 22.6. The van der Waals surface area contributed by atoms with Crippen molar-refractivity contribution in [1.82, 2.24) is 0 Å². The average Bonchev–Trinajstić information content (AvgIpc) is 3.76. The lowest BCUT2D eigenvalue weighted by atomic mass is 10.1. The third-order valence-electron chi connectivity index (χ3n) is 12.4. The van der Waals surface area contributed by atoms with Crippen molar-refractivity contribution in [3.63, 3.8) is 0 Å². The van der Waals surface area contributed by atoms with Gasteiger partial charge in [-0.05, 0) is 44.4 Å². The molecule has 0 aliphatic carbocycles. The summed E-state index contributed by atoms with van der Waals surface area (Å²) in [5.41, 5.74) is 4.76. The molecule has 0 N–H and O–H groups in total. The third kappa shape index (κ3) is 11.0. The van der Waals surface area contributed by atoms with Gasteiger partial charge in [0.15, 0.2) is 12.6 Å². The Morgan fingerprint density at radius 2 is 0.952 bits per heavy atom. The highest BCUT2D eigenvalue weighted by atomic mass is 28.5. The van der Waals surface area contributed by atoms with Crippen LogP contribution in [-0.2, 0) is 72.6 Å². The summed E-state index contributed by atoms with van der Waals surface area (Å²) in [6.07, 6.45) is -5.24. The lowest BCUT2D eigenvalue weighted by Crippen LogP contribution is -2.66. The van der Waals surface area contributed by atoms with E-state index in [2.05, 4.69) is 91.8 Å². The van der Waals surface area contributed by atoms with E-state index in [4.69, 9.17) is 46.1 Å². The lowest BCUT2D eigenvalue weighted by Gasteiger charge is -2.51. The minimum absolute atomic E-state index is 0.121. The Morgan fingerprint density at radius 3 is 1.44 bits per heavy atom. The summed E-state index contributed by atoms with van der Waals surface area (Å²) in [4.78, 5) is 0. The molecule has 3 saturated heterocycles. The van der Waals surface area contributed by atoms with Crippen molar-refractivity contribution in [3.8, 4) is 0 Å². The molecule has 0 unspecified atom stereocenters. The van der Waals surface area contributed by atoms with Crippen LogP contribution in [0.25, 0.3) is 0 Å². The van der Waals surface area contributed by atoms with Gasteiger partial charge in [0.2, 0.25) is 0 Å². The van der Waals surface area contributed by atoms with Gasteiger partial charge in [-0.2, -0.15) is 0 Å². The van der Waals surface area contributed by atoms with E-state index in [-0.39, 0.29) is 35.4 Å². The molecule has 0 spiro atoms. The largest absolute Gasteiger partial charge is 0.414 e. The van der Waals surface area contributed by atoms with E-state index in [0.29, 0.717) is 26.4 Å². The Morgan fingerprint density at radius 1 is 0.500 bits per heavy atom. The Hall–Kier alpha value is -3.09. The fraction of sp³-hybridized carbons (Fsp3) is 0.520. The highest BCUT2D eigenvalue weighted by molar-refractivity contribution is 6.84. The molecular weight excluding hydrogens is 817 g/mol. The third-order valence-corrected chi connectivity index (χ3v) is 22.6. The van der Waals surface area contributed by atoms with Crippen molar-refractivity contribution in [2.24, 2.45) is 0 Å². The normalized spacial score (nSPS) is 27.2. The van der Waals surface area contributed by atoms with Gasteiger partial charge in [-0.15, -0.1) is 0 Å². The van der Waals surface area contributed by atoms with Crippen molar-refractivity contribution < 1.29 is 46.1 Å². The van der Waals surface area contributed by atoms with Gasteiger partial charge in [0.1, 0.15) is 36.6 Å². The number of fused-ring (bicyclic) bond motifs is 1. The maximum atomic E-state index is 7.59. The van der Waals surface area contributed by atoms with Crippen LogP contribution < -0.4 is 0 Å². The molecule has 12 heteroatoms. The van der Waals surface area contributed by atoms with Crippen LogP contribution in [0.5, 0.6) is 0 Å². The van der Waals surface area contributed by atoms with Gasteiger partial charge in [-0.25, -0.2) is 0 Å². The van der Waals surface area contributed by atoms with Crippen molar-refractivity contribution >= 4 is 17.1 Å². The van der Waals surface area contributed by atoms with E-state index in [1.54, 1.807) is 0 Å². The van der Waals surface area contributed by atoms with Crippen LogP contribution in [0, 0.1) is 0 Å². The van der Waals surface area contributed by atoms with Crippen LogP contribution >= 0.6 is 0 Å². The highest BCUT2D eigenvalue weighted by Gasteiger charge is 2.63. The molecule has 3 aliphatic heterocycles. The van der Waals surface area contributed by atoms with Crippen LogP contribution in [0.4, 0.5) is 0 Å². The molecule has 0 aromatic heterocycles. The van der Waals surface area contributed by atoms with Crippen LogP contribution in [0.2, 0.25) is 22.2 Å². The Kier molecular flexibility index (Phi) is 16.4. The van der Waals surface area contributed by atoms with E-state index in [9.17, 15) is 0 Å². The predicted octanol–water partition coefficient (Wildman–Crippen LogP) is 10.4. The minimum Gasteiger partial charge on any atom is -0.414 e. The molecule has 4 aromatic rings. The lowest BCUT2D eigenvalue weighted by molar-refractivity contribution is -0.256. The number of ether oxygens (including phenoxy) is 7. The summed E-state index contributed by atoms with van der Waals surface area (Å²) >= 11 is 0. The second kappa shape index (κ2) is 21.7. The molecule has 8 atom stereocenters. The highest BCUT2D eigenvalue weighted by Crippen LogP contribution is 2.48. The quantitative estimate of drug-likeness (QED) is 0.0848. The maximum Gasteiger partial charge on any atom is 0.335 e. The van der Waals surface area contributed by atoms with Crippen LogP contribution in [0.3, 0.4) is 0 Å². The summed E-state index contributed by atoms with van der Waals surface area (Å²) in [5.74, 6) is 0. The van der Waals surface area contributed by atoms with Crippen LogP contribution in [0.1, 0.15) is 77.6 Å². The molecule has 0 saturated carbocycles. The number of hydrogen-bond donors (Lipinski definition) is 0. The van der Waals surface area contributed by atoms with Gasteiger partial charge in [0.25, 0.3) is 0 Å². The molecule has 0 bridgehead atoms. The van der Waals surface area contributed by atoms with E-state index < -0.39 is 66.3 Å². The van der Waals surface area contributed by atoms with Gasteiger partial charge >= 0.3 is 17.1 Å². The average molecular weight is 885 g/mol. The molecule has 0 radical (unpaired) electrons. The Bertz CT molecular complexity index is 1890. The zero-order chi connectivity index (χ0) is 43.7. The molecule has 3 fully saturated rings. The van der Waals surface area contributed by atoms with E-state index in [1.165, 1.54) is 0 Å². The van der Waals surface area contributed by atoms with Crippen molar-refractivity contribution in [1.29, 1.82) is 0 Å². The summed E-state index contributed by atoms with van der Waals surface area (Å²) in [5, 5.41) is 0. The fourth-order valence-corrected chi connectivity index (χ4v) is 20.2. The second-order valence-electron chi connectivity index (χ2n) is 18.1. The first kappa shape index (κ1) is 46.9. The smallest absolute Gasteiger partial charge is 0.335 e. The van der Waals surface area contributed by atoms with Crippen LogP contribution in [-0.4, -0.2) is 79.5 Å². The van der Waals surface area contributed by atoms with Gasteiger partial charge in [0, 0.05) is 0 Å². The number of hydrogen-bond acceptors (Lipinski definition) is 10. The molecule has 7 rings (SSSR count). The fourth-order valence-electron chi connectivity index (χ4n) is 9.01. The molecule has 336 valence electrons. The van der Waals surface area contributed by atoms with E-state index >= 15 is 0 Å². The Labute approximate surface area is 371 Å². The SMILES string of the molecule is CC(C)[Si]1(C(C)C)OC[C@H]2O[C@@H](O[C@@H]3[C@@H](OCc4ccccc4)O[C@H](COCc4ccccc4)[C@H]3OCc3ccccc3)[C@@H](OCc3ccccc3)[C@@H]2O[Si](C(C)C)(C(C)C)O1. The molecular formula is C50H68O10Si2. The summed E-state index contributed by atoms with van der Waals surface area (Å²) in [7, 11) is -5.89. The van der Waals surface area contributed by atoms with Crippen molar-refractivity contribution in [2.75, 3.05) is 13.2 Å². The maximum absolute atomic E-state index is 7.59. The zero-order valence-corrected chi connectivity index (χ0v) is 39.8. The zero-order valence-electron chi connectivity index (χ0n) is 37.8. The topological polar surface area (TPSA) is 92.3 Å². The van der Waals surface area contributed by atoms with Gasteiger partial charge in [-0.3, -0.25) is 0 Å². The van der Waals surface area contributed by atoms with Crippen molar-refractivity contribution in [3.05, 3.63) is 144 Å². The monoisotopic (exact) mass is 884 g/mol. The van der Waals surface area contributed by atoms with Crippen LogP contribution in [0.15, 0.2) is 121 Å². The molecule has 3 heterocycles. The molecule has 4 aromatic carbocycles.